The number of hydrogen-bond acceptors (Lipinski definition) is 4. The number of nitrogens with zero attached hydrogens (tertiary/aromatic N) is 1. The van der Waals surface area contributed by atoms with E-state index in [4.69, 9.17) is 9.47 Å². The summed E-state index contributed by atoms with van der Waals surface area (Å²) in [4.78, 5) is 16.0. The van der Waals surface area contributed by atoms with E-state index in [0.717, 1.165) is 16.0 Å². The summed E-state index contributed by atoms with van der Waals surface area (Å²) in [5.74, 6) is 0.974. The smallest absolute Gasteiger partial charge is 0.322 e. The Labute approximate surface area is 172 Å². The van der Waals surface area contributed by atoms with Gasteiger partial charge in [0, 0.05) is 17.1 Å². The van der Waals surface area contributed by atoms with Crippen molar-refractivity contribution in [1.82, 2.24) is 4.90 Å². The number of fused-ring (bicyclic) bond motifs is 1. The van der Waals surface area contributed by atoms with Crippen molar-refractivity contribution in [2.75, 3.05) is 26.1 Å². The van der Waals surface area contributed by atoms with Crippen molar-refractivity contribution in [1.29, 1.82) is 0 Å². The molecular weight excluding hydrogens is 391 g/mol. The summed E-state index contributed by atoms with van der Waals surface area (Å²) in [7, 11) is 3.22. The van der Waals surface area contributed by atoms with Gasteiger partial charge in [0.25, 0.3) is 0 Å². The molecule has 0 bridgehead atoms. The maximum absolute atomic E-state index is 13.2. The van der Waals surface area contributed by atoms with Crippen LogP contribution in [0.4, 0.5) is 14.9 Å². The Morgan fingerprint density at radius 1 is 1.14 bits per heavy atom. The van der Waals surface area contributed by atoms with E-state index in [1.54, 1.807) is 37.7 Å². The lowest BCUT2D eigenvalue weighted by atomic mass is 9.91. The van der Waals surface area contributed by atoms with Gasteiger partial charge >= 0.3 is 6.03 Å². The molecule has 1 unspecified atom stereocenters. The largest absolute Gasteiger partial charge is 0.493 e. The number of carbonyl (C=O) groups excluding carboxylic acids is 1. The van der Waals surface area contributed by atoms with E-state index in [2.05, 4.69) is 5.32 Å². The molecule has 150 valence electrons. The van der Waals surface area contributed by atoms with Crippen molar-refractivity contribution in [3.8, 4) is 11.5 Å². The monoisotopic (exact) mass is 412 g/mol. The topological polar surface area (TPSA) is 50.8 Å². The maximum Gasteiger partial charge on any atom is 0.322 e. The minimum atomic E-state index is -0.340. The van der Waals surface area contributed by atoms with Gasteiger partial charge in [-0.3, -0.25) is 0 Å². The van der Waals surface area contributed by atoms with Crippen molar-refractivity contribution in [3.63, 3.8) is 0 Å². The minimum absolute atomic E-state index is 0.226. The lowest BCUT2D eigenvalue weighted by Crippen LogP contribution is -2.42. The van der Waals surface area contributed by atoms with Crippen LogP contribution in [0.25, 0.3) is 0 Å². The van der Waals surface area contributed by atoms with Gasteiger partial charge in [0.1, 0.15) is 5.82 Å². The molecule has 1 N–H and O–H groups in total. The molecule has 4 rings (SSSR count). The lowest BCUT2D eigenvalue weighted by Gasteiger charge is -2.37. The zero-order valence-corrected chi connectivity index (χ0v) is 17.0. The standard InChI is InChI=1S/C22H21FN2O3S/c1-27-18-12-14-9-10-25(22(26)24-16-7-5-15(23)6-8-16)21(20-4-3-11-29-20)17(14)13-19(18)28-2/h3-8,11-13,21H,9-10H2,1-2H3,(H,24,26). The highest BCUT2D eigenvalue weighted by atomic mass is 32.1. The van der Waals surface area contributed by atoms with Gasteiger partial charge in [-0.15, -0.1) is 11.3 Å². The third kappa shape index (κ3) is 3.78. The number of rotatable bonds is 4. The Balaban J connectivity index is 1.71. The molecule has 2 aromatic carbocycles. The first-order chi connectivity index (χ1) is 14.1. The first-order valence-corrected chi connectivity index (χ1v) is 10.1. The highest BCUT2D eigenvalue weighted by molar-refractivity contribution is 7.10. The number of halogens is 1. The number of carbonyl (C=O) groups is 1. The average Bonchev–Trinajstić information content (AvgIpc) is 3.27. The number of methoxy groups -OCH3 is 2. The SMILES string of the molecule is COc1cc2c(cc1OC)C(c1cccs1)N(C(=O)Nc1ccc(F)cc1)CC2. The second-order valence-corrected chi connectivity index (χ2v) is 7.68. The Morgan fingerprint density at radius 2 is 1.86 bits per heavy atom. The summed E-state index contributed by atoms with van der Waals surface area (Å²) in [5, 5.41) is 4.88. The summed E-state index contributed by atoms with van der Waals surface area (Å²) in [6.45, 7) is 0.554. The van der Waals surface area contributed by atoms with Crippen LogP contribution in [0, 0.1) is 5.82 Å². The van der Waals surface area contributed by atoms with Crippen molar-refractivity contribution in [2.24, 2.45) is 0 Å². The fraction of sp³-hybridized carbons (Fsp3) is 0.227. The van der Waals surface area contributed by atoms with E-state index in [9.17, 15) is 9.18 Å². The Morgan fingerprint density at radius 3 is 2.52 bits per heavy atom. The molecule has 0 saturated carbocycles. The normalized spacial score (nSPS) is 15.6. The number of nitrogens with one attached hydrogen (secondary N) is 1. The predicted octanol–water partition coefficient (Wildman–Crippen LogP) is 5.08. The second-order valence-electron chi connectivity index (χ2n) is 6.70. The molecule has 0 fully saturated rings. The molecule has 0 radical (unpaired) electrons. The third-order valence-corrected chi connectivity index (χ3v) is 5.97. The van der Waals surface area contributed by atoms with Gasteiger partial charge in [-0.1, -0.05) is 6.07 Å². The van der Waals surface area contributed by atoms with Gasteiger partial charge in [0.15, 0.2) is 11.5 Å². The fourth-order valence-corrected chi connectivity index (χ4v) is 4.50. The molecule has 2 amide bonds. The van der Waals surface area contributed by atoms with Crippen LogP contribution >= 0.6 is 11.3 Å². The van der Waals surface area contributed by atoms with Gasteiger partial charge in [-0.2, -0.15) is 0 Å². The summed E-state index contributed by atoms with van der Waals surface area (Å²) < 4.78 is 24.1. The van der Waals surface area contributed by atoms with E-state index in [-0.39, 0.29) is 17.9 Å². The molecule has 1 aromatic heterocycles. The molecule has 1 aliphatic heterocycles. The number of amides is 2. The third-order valence-electron chi connectivity index (χ3n) is 5.04. The zero-order valence-electron chi connectivity index (χ0n) is 16.1. The zero-order chi connectivity index (χ0) is 20.4. The average molecular weight is 412 g/mol. The fourth-order valence-electron chi connectivity index (χ4n) is 3.65. The molecule has 0 saturated heterocycles. The quantitative estimate of drug-likeness (QED) is 0.650. The number of benzene rings is 2. The molecule has 29 heavy (non-hydrogen) atoms. The first kappa shape index (κ1) is 19.3. The van der Waals surface area contributed by atoms with E-state index in [0.29, 0.717) is 30.2 Å². The van der Waals surface area contributed by atoms with Gasteiger partial charge in [-0.25, -0.2) is 9.18 Å². The van der Waals surface area contributed by atoms with Crippen LogP contribution in [0.15, 0.2) is 53.9 Å². The number of urea groups is 1. The highest BCUT2D eigenvalue weighted by Crippen LogP contribution is 2.42. The van der Waals surface area contributed by atoms with Gasteiger partial charge in [-0.05, 0) is 65.4 Å². The van der Waals surface area contributed by atoms with E-state index in [1.807, 2.05) is 34.5 Å². The molecule has 3 aromatic rings. The number of thiophene rings is 1. The second kappa shape index (κ2) is 8.13. The van der Waals surface area contributed by atoms with Crippen LogP contribution < -0.4 is 14.8 Å². The molecule has 5 nitrogen and oxygen atoms in total. The minimum Gasteiger partial charge on any atom is -0.493 e. The first-order valence-electron chi connectivity index (χ1n) is 9.22. The summed E-state index contributed by atoms with van der Waals surface area (Å²) in [6, 6.07) is 13.3. The molecule has 2 heterocycles. The highest BCUT2D eigenvalue weighted by Gasteiger charge is 2.34. The van der Waals surface area contributed by atoms with E-state index < -0.39 is 0 Å². The van der Waals surface area contributed by atoms with E-state index in [1.165, 1.54) is 12.1 Å². The van der Waals surface area contributed by atoms with Crippen LogP contribution in [0.5, 0.6) is 11.5 Å². The summed E-state index contributed by atoms with van der Waals surface area (Å²) in [5.41, 5.74) is 2.71. The molecule has 0 spiro atoms. The van der Waals surface area contributed by atoms with Crippen molar-refractivity contribution in [2.45, 2.75) is 12.5 Å². The van der Waals surface area contributed by atoms with Crippen molar-refractivity contribution < 1.29 is 18.7 Å². The summed E-state index contributed by atoms with van der Waals surface area (Å²) >= 11 is 1.60. The predicted molar refractivity (Wildman–Crippen MR) is 112 cm³/mol. The Hall–Kier alpha value is -3.06. The van der Waals surface area contributed by atoms with Crippen LogP contribution in [-0.4, -0.2) is 31.7 Å². The lowest BCUT2D eigenvalue weighted by molar-refractivity contribution is 0.194. The number of hydrogen-bond donors (Lipinski definition) is 1. The summed E-state index contributed by atoms with van der Waals surface area (Å²) in [6.07, 6.45) is 0.703. The van der Waals surface area contributed by atoms with Crippen LogP contribution in [-0.2, 0) is 6.42 Å². The van der Waals surface area contributed by atoms with E-state index >= 15 is 0 Å². The molecule has 0 aliphatic carbocycles. The van der Waals surface area contributed by atoms with Crippen molar-refractivity contribution in [3.05, 3.63) is 75.7 Å². The molecular formula is C22H21FN2O3S. The molecule has 1 atom stereocenters. The van der Waals surface area contributed by atoms with Crippen molar-refractivity contribution >= 4 is 23.1 Å². The Kier molecular flexibility index (Phi) is 5.40. The maximum atomic E-state index is 13.2. The molecule has 1 aliphatic rings. The van der Waals surface area contributed by atoms with Crippen LogP contribution in [0.2, 0.25) is 0 Å². The molecule has 7 heteroatoms. The van der Waals surface area contributed by atoms with Crippen LogP contribution in [0.1, 0.15) is 22.0 Å². The van der Waals surface area contributed by atoms with Gasteiger partial charge in [0.2, 0.25) is 0 Å². The van der Waals surface area contributed by atoms with Gasteiger partial charge < -0.3 is 19.7 Å². The number of anilines is 1. The Bertz CT molecular complexity index is 1010. The number of ether oxygens (including phenoxy) is 2. The van der Waals surface area contributed by atoms with Gasteiger partial charge in [0.05, 0.1) is 20.3 Å². The van der Waals surface area contributed by atoms with Crippen LogP contribution in [0.3, 0.4) is 0 Å².